The van der Waals surface area contributed by atoms with Crippen LogP contribution in [0.15, 0.2) is 168 Å². The number of amides is 1. The predicted molar refractivity (Wildman–Crippen MR) is 368 cm³/mol. The molecule has 2 unspecified atom stereocenters. The monoisotopic (exact) mass is 1370 g/mol. The summed E-state index contributed by atoms with van der Waals surface area (Å²) in [7, 11) is 8.70. The zero-order valence-corrected chi connectivity index (χ0v) is 56.6. The highest BCUT2D eigenvalue weighted by atomic mass is 19.1. The van der Waals surface area contributed by atoms with Gasteiger partial charge in [0, 0.05) is 24.3 Å². The third-order valence-electron chi connectivity index (χ3n) is 16.5. The van der Waals surface area contributed by atoms with Crippen LogP contribution in [0.3, 0.4) is 0 Å². The fourth-order valence-electron chi connectivity index (χ4n) is 11.8. The third kappa shape index (κ3) is 19.3. The summed E-state index contributed by atoms with van der Waals surface area (Å²) in [5.41, 5.74) is 14.7. The minimum atomic E-state index is -0.951. The molecule has 2 atom stereocenters. The lowest BCUT2D eigenvalue weighted by Gasteiger charge is -2.17. The van der Waals surface area contributed by atoms with E-state index in [0.717, 1.165) is 73.2 Å². The Morgan fingerprint density at radius 2 is 0.920 bits per heavy atom. The lowest BCUT2D eigenvalue weighted by molar-refractivity contribution is -0.136. The van der Waals surface area contributed by atoms with E-state index in [1.54, 1.807) is 66.7 Å². The Hall–Kier alpha value is -11.7. The first kappa shape index (κ1) is 75.7. The fraction of sp³-hybridized carbons (Fsp3) is 0.234. The molecule has 0 fully saturated rings. The molecular formula is C77H77F3N2O18. The topological polar surface area (TPSA) is 287 Å². The Bertz CT molecular complexity index is 4310. The van der Waals surface area contributed by atoms with Crippen molar-refractivity contribution in [3.63, 3.8) is 0 Å². The average molecular weight is 1380 g/mol. The van der Waals surface area contributed by atoms with E-state index in [-0.39, 0.29) is 77.4 Å². The number of hydrogen-bond acceptors (Lipinski definition) is 17. The molecule has 0 spiro atoms. The van der Waals surface area contributed by atoms with E-state index in [2.05, 4.69) is 10.3 Å². The van der Waals surface area contributed by atoms with Crippen molar-refractivity contribution in [1.29, 1.82) is 0 Å². The molecule has 8 aromatic carbocycles. The number of phenolic OH excluding ortho intramolecular Hbond substituents is 2. The fourth-order valence-corrected chi connectivity index (χ4v) is 11.8. The first-order valence-electron chi connectivity index (χ1n) is 31.0. The van der Waals surface area contributed by atoms with Gasteiger partial charge >= 0.3 is 17.9 Å². The van der Waals surface area contributed by atoms with Gasteiger partial charge < -0.3 is 63.3 Å². The van der Waals surface area contributed by atoms with E-state index in [1.165, 1.54) is 98.1 Å². The third-order valence-corrected chi connectivity index (χ3v) is 16.5. The van der Waals surface area contributed by atoms with Gasteiger partial charge in [-0.25, -0.2) is 13.2 Å². The van der Waals surface area contributed by atoms with E-state index in [0.29, 0.717) is 70.3 Å². The molecule has 8 aromatic rings. The first-order chi connectivity index (χ1) is 47.9. The first-order valence-corrected chi connectivity index (χ1v) is 31.0. The van der Waals surface area contributed by atoms with E-state index >= 15 is 0 Å². The number of nitrogens with one attached hydrogen (secondary N) is 1. The van der Waals surface area contributed by atoms with Crippen LogP contribution in [0.4, 0.5) is 13.2 Å². The number of benzene rings is 8. The molecule has 0 bridgehead atoms. The van der Waals surface area contributed by atoms with Crippen molar-refractivity contribution >= 4 is 46.8 Å². The summed E-state index contributed by atoms with van der Waals surface area (Å²) >= 11 is 0. The largest absolute Gasteiger partial charge is 0.502 e. The molecule has 100 heavy (non-hydrogen) atoms. The highest BCUT2D eigenvalue weighted by Gasteiger charge is 2.33. The number of carbonyl (C=O) groups is 5. The number of nitrogens with two attached hydrogens (primary N) is 1. The summed E-state index contributed by atoms with van der Waals surface area (Å²) in [6.45, 7) is 7.01. The molecule has 0 saturated carbocycles. The molecule has 0 aromatic heterocycles. The summed E-state index contributed by atoms with van der Waals surface area (Å²) in [4.78, 5) is 65.9. The van der Waals surface area contributed by atoms with Gasteiger partial charge in [0.25, 0.3) is 5.91 Å². The van der Waals surface area contributed by atoms with Crippen LogP contribution in [0, 0.1) is 17.5 Å². The van der Waals surface area contributed by atoms with Crippen LogP contribution < -0.4 is 54.2 Å². The number of esters is 1. The van der Waals surface area contributed by atoms with Crippen LogP contribution in [-0.4, -0.2) is 93.2 Å². The molecule has 11 rings (SSSR count). The predicted octanol–water partition coefficient (Wildman–Crippen LogP) is 14.3. The van der Waals surface area contributed by atoms with Crippen molar-refractivity contribution in [2.24, 2.45) is 5.90 Å². The molecule has 524 valence electrons. The highest BCUT2D eigenvalue weighted by Crippen LogP contribution is 2.49. The molecule has 1 amide bonds. The summed E-state index contributed by atoms with van der Waals surface area (Å²) < 4.78 is 76.9. The Balaban J connectivity index is 0.000000189. The molecule has 0 radical (unpaired) electrons. The van der Waals surface area contributed by atoms with Crippen molar-refractivity contribution in [2.45, 2.75) is 78.1 Å². The van der Waals surface area contributed by atoms with Crippen molar-refractivity contribution in [3.05, 3.63) is 236 Å². The van der Waals surface area contributed by atoms with Gasteiger partial charge in [-0.2, -0.15) is 11.4 Å². The number of allylic oxidation sites excluding steroid dienone is 3. The Labute approximate surface area is 576 Å². The van der Waals surface area contributed by atoms with E-state index < -0.39 is 23.7 Å². The molecule has 0 heterocycles. The van der Waals surface area contributed by atoms with Gasteiger partial charge in [-0.3, -0.25) is 24.0 Å². The van der Waals surface area contributed by atoms with Crippen LogP contribution in [0.25, 0.3) is 16.7 Å². The van der Waals surface area contributed by atoms with Crippen LogP contribution in [-0.2, 0) is 38.4 Å². The standard InChI is InChI=1S/C27H26FNO5.C21H21FO5.C12H11FO2.C11H12O5.C6H7NO/c1-16-21(11-17-12-24(32-2)27(31)25(13-17)33-3)20-10-9-18(28)14-23(20)22(16)15-26(30)29-34-19-7-5-4-6-8-19;1-11-15(6-12-7-18(26-2)21(25)19(8-12)27-3)14-5-4-13(22)9-17(14)16(11)10-20(23)24;1-7-4-8-2-3-9(13)5-11(8)10(7)6-12(14)15;1-7(13)16-11-9(14-2)4-8(6-12)5-10(11)15-3;7-8-6-4-2-1-3-5-6/h4-10,12-14,21,31H,11,15H2,1-3H3,(H,29,30);4-5,7-9,15,25H,6,10H2,1-3H3,(H,23,24);2-3,5H,4,6H2,1H3,(H,14,15);4-6H,1-3H3;1-5H,7H2. The van der Waals surface area contributed by atoms with Crippen molar-refractivity contribution in [1.82, 2.24) is 5.48 Å². The number of aldehydes is 1. The zero-order chi connectivity index (χ0) is 72.9. The molecule has 0 saturated heterocycles. The normalized spacial score (nSPS) is 13.5. The second-order valence-corrected chi connectivity index (χ2v) is 22.9. The number of aliphatic carboxylic acids is 2. The number of hydroxylamine groups is 1. The smallest absolute Gasteiger partial charge is 0.308 e. The number of halogens is 3. The Morgan fingerprint density at radius 1 is 0.520 bits per heavy atom. The number of carboxylic acids is 2. The molecule has 0 aliphatic heterocycles. The lowest BCUT2D eigenvalue weighted by atomic mass is 9.89. The van der Waals surface area contributed by atoms with Gasteiger partial charge in [0.2, 0.25) is 17.2 Å². The second kappa shape index (κ2) is 35.5. The molecule has 3 aliphatic carbocycles. The number of ether oxygens (including phenoxy) is 7. The maximum atomic E-state index is 14.2. The van der Waals surface area contributed by atoms with Crippen LogP contribution in [0.2, 0.25) is 0 Å². The molecule has 20 nitrogen and oxygen atoms in total. The van der Waals surface area contributed by atoms with Crippen LogP contribution in [0.1, 0.15) is 114 Å². The number of fused-ring (bicyclic) bond motifs is 3. The number of hydrogen-bond donors (Lipinski definition) is 6. The van der Waals surface area contributed by atoms with Gasteiger partial charge in [-0.1, -0.05) is 71.3 Å². The SMILES string of the molecule is CC1=C(CC(=O)O)c2cc(F)ccc2C1.COc1cc(C=O)cc(OC)c1OC(C)=O.COc1cc(CC2C(C)=C(CC(=O)NOc3ccccc3)c3cc(F)ccc32)cc(OC)c1O.COc1cc(CC2C(C)=C(CC(=O)O)c3cc(F)ccc32)cc(OC)c1O.NOc1ccccc1. The van der Waals surface area contributed by atoms with Gasteiger partial charge in [-0.15, -0.1) is 0 Å². The zero-order valence-electron chi connectivity index (χ0n) is 56.6. The number of methoxy groups -OCH3 is 6. The van der Waals surface area contributed by atoms with E-state index in [9.17, 15) is 52.5 Å². The maximum Gasteiger partial charge on any atom is 0.308 e. The highest BCUT2D eigenvalue weighted by molar-refractivity contribution is 5.93. The summed E-state index contributed by atoms with van der Waals surface area (Å²) in [5, 5.41) is 38.3. The lowest BCUT2D eigenvalue weighted by Crippen LogP contribution is -2.26. The average Bonchev–Trinajstić information content (AvgIpc) is 1.61. The number of aromatic hydroxyl groups is 2. The van der Waals surface area contributed by atoms with Gasteiger partial charge in [0.15, 0.2) is 40.2 Å². The number of carboxylic acid groups (broad SMARTS) is 2. The summed E-state index contributed by atoms with van der Waals surface area (Å²) in [6.07, 6.45) is 2.36. The molecule has 23 heteroatoms. The van der Waals surface area contributed by atoms with Crippen molar-refractivity contribution < 1.29 is 100 Å². The molecule has 7 N–H and O–H groups in total. The number of rotatable bonds is 21. The Morgan fingerprint density at radius 3 is 1.31 bits per heavy atom. The van der Waals surface area contributed by atoms with Crippen molar-refractivity contribution in [3.8, 4) is 63.2 Å². The molecular weight excluding hydrogens is 1300 g/mol. The number of phenols is 2. The minimum absolute atomic E-state index is 0.0255. The van der Waals surface area contributed by atoms with Gasteiger partial charge in [0.05, 0.1) is 61.9 Å². The number of carbonyl (C=O) groups excluding carboxylic acids is 3. The summed E-state index contributed by atoms with van der Waals surface area (Å²) in [5.74, 6) is 3.98. The quantitative estimate of drug-likeness (QED) is 0.0169. The number of para-hydroxylation sites is 2. The van der Waals surface area contributed by atoms with Crippen LogP contribution in [0.5, 0.6) is 63.2 Å². The van der Waals surface area contributed by atoms with Crippen LogP contribution >= 0.6 is 0 Å². The minimum Gasteiger partial charge on any atom is -0.502 e. The summed E-state index contributed by atoms with van der Waals surface area (Å²) in [6, 6.07) is 41.8. The van der Waals surface area contributed by atoms with Gasteiger partial charge in [-0.05, 0) is 198 Å². The second-order valence-electron chi connectivity index (χ2n) is 22.9. The van der Waals surface area contributed by atoms with Gasteiger partial charge in [0.1, 0.15) is 29.5 Å². The van der Waals surface area contributed by atoms with Crippen molar-refractivity contribution in [2.75, 3.05) is 42.7 Å². The Kier molecular flexibility index (Phi) is 26.9. The van der Waals surface area contributed by atoms with E-state index in [4.69, 9.17) is 49.0 Å². The van der Waals surface area contributed by atoms with E-state index in [1.807, 2.05) is 57.2 Å². The maximum absolute atomic E-state index is 14.2. The molecule has 3 aliphatic rings.